The van der Waals surface area contributed by atoms with Crippen LogP contribution in [0.3, 0.4) is 0 Å². The molecule has 0 spiro atoms. The Morgan fingerprint density at radius 1 is 1.12 bits per heavy atom. The maximum Gasteiger partial charge on any atom is 0.317 e. The first-order valence-electron chi connectivity index (χ1n) is 11.2. The Kier molecular flexibility index (Phi) is 8.86. The van der Waals surface area contributed by atoms with Gasteiger partial charge in [-0.2, -0.15) is 5.10 Å². The minimum absolute atomic E-state index is 0.116. The fourth-order valence-corrected chi connectivity index (χ4v) is 3.83. The van der Waals surface area contributed by atoms with E-state index in [-0.39, 0.29) is 24.5 Å². The zero-order chi connectivity index (χ0) is 24.5. The van der Waals surface area contributed by atoms with E-state index in [0.717, 1.165) is 16.8 Å². The number of nitrogens with zero attached hydrogens (tertiary/aromatic N) is 3. The third-order valence-electron chi connectivity index (χ3n) is 5.58. The molecule has 34 heavy (non-hydrogen) atoms. The van der Waals surface area contributed by atoms with Crippen LogP contribution in [0.2, 0.25) is 0 Å². The molecule has 0 saturated carbocycles. The summed E-state index contributed by atoms with van der Waals surface area (Å²) in [6, 6.07) is 14.6. The molecular weight excluding hydrogens is 436 g/mol. The number of urea groups is 1. The fraction of sp³-hybridized carbons (Fsp3) is 0.400. The Hall–Kier alpha value is -3.59. The summed E-state index contributed by atoms with van der Waals surface area (Å²) >= 11 is 0. The quantitative estimate of drug-likeness (QED) is 0.579. The Bertz CT molecular complexity index is 1010. The van der Waals surface area contributed by atoms with Gasteiger partial charge in [0.2, 0.25) is 0 Å². The lowest BCUT2D eigenvalue weighted by Crippen LogP contribution is -2.47. The molecule has 1 aliphatic heterocycles. The monoisotopic (exact) mass is 468 g/mol. The van der Waals surface area contributed by atoms with E-state index in [1.54, 1.807) is 27.4 Å². The van der Waals surface area contributed by atoms with Crippen molar-refractivity contribution in [3.8, 4) is 11.5 Å². The number of hydrogen-bond donors (Lipinski definition) is 1. The molecule has 0 bridgehead atoms. The number of methoxy groups -OCH3 is 3. The molecule has 0 aliphatic carbocycles. The van der Waals surface area contributed by atoms with Gasteiger partial charge >= 0.3 is 6.03 Å². The molecule has 3 amide bonds. The predicted molar refractivity (Wildman–Crippen MR) is 129 cm³/mol. The predicted octanol–water partition coefficient (Wildman–Crippen LogP) is 3.06. The summed E-state index contributed by atoms with van der Waals surface area (Å²) < 4.78 is 16.0. The molecule has 0 saturated heterocycles. The minimum Gasteiger partial charge on any atom is -0.497 e. The Morgan fingerprint density at radius 3 is 2.53 bits per heavy atom. The van der Waals surface area contributed by atoms with Crippen LogP contribution in [0.25, 0.3) is 0 Å². The van der Waals surface area contributed by atoms with Crippen LogP contribution in [0.1, 0.15) is 30.5 Å². The normalized spacial score (nSPS) is 15.0. The van der Waals surface area contributed by atoms with Gasteiger partial charge in [-0.05, 0) is 24.6 Å². The number of hydrazone groups is 1. The SMILES string of the molecule is CCNC(=O)N(CCOC)CC(=O)N1N=C(c2ccc(OC)cc2OC)CC1c1ccccc1. The van der Waals surface area contributed by atoms with Crippen molar-refractivity contribution in [1.82, 2.24) is 15.2 Å². The van der Waals surface area contributed by atoms with Crippen molar-refractivity contribution in [3.05, 3.63) is 59.7 Å². The molecule has 182 valence electrons. The van der Waals surface area contributed by atoms with E-state index in [9.17, 15) is 9.59 Å². The van der Waals surface area contributed by atoms with Gasteiger partial charge in [-0.25, -0.2) is 9.80 Å². The number of rotatable bonds is 10. The van der Waals surface area contributed by atoms with Crippen LogP contribution < -0.4 is 14.8 Å². The Labute approximate surface area is 200 Å². The highest BCUT2D eigenvalue weighted by atomic mass is 16.5. The number of nitrogens with one attached hydrogen (secondary N) is 1. The van der Waals surface area contributed by atoms with Gasteiger partial charge in [-0.15, -0.1) is 0 Å². The average molecular weight is 469 g/mol. The van der Waals surface area contributed by atoms with Gasteiger partial charge in [0.05, 0.1) is 32.6 Å². The number of amides is 3. The standard InChI is InChI=1S/C25H32N4O5/c1-5-26-25(31)28(13-14-32-2)17-24(30)29-22(18-9-7-6-8-10-18)16-21(27-29)20-12-11-19(33-3)15-23(20)34-4/h6-12,15,22H,5,13-14,16-17H2,1-4H3,(H,26,31). The second kappa shape index (κ2) is 12.0. The van der Waals surface area contributed by atoms with Gasteiger partial charge in [0, 0.05) is 38.2 Å². The van der Waals surface area contributed by atoms with Gasteiger partial charge in [-0.3, -0.25) is 4.79 Å². The first-order chi connectivity index (χ1) is 16.5. The molecule has 1 aliphatic rings. The summed E-state index contributed by atoms with van der Waals surface area (Å²) in [5.74, 6) is 1.00. The van der Waals surface area contributed by atoms with E-state index in [2.05, 4.69) is 5.32 Å². The van der Waals surface area contributed by atoms with Gasteiger partial charge < -0.3 is 24.4 Å². The summed E-state index contributed by atoms with van der Waals surface area (Å²) in [6.45, 7) is 2.80. The van der Waals surface area contributed by atoms with E-state index in [0.29, 0.717) is 37.6 Å². The average Bonchev–Trinajstić information content (AvgIpc) is 3.32. The van der Waals surface area contributed by atoms with Gasteiger partial charge in [-0.1, -0.05) is 30.3 Å². The summed E-state index contributed by atoms with van der Waals surface area (Å²) in [6.07, 6.45) is 0.512. The number of benzene rings is 2. The molecule has 1 atom stereocenters. The molecule has 1 heterocycles. The van der Waals surface area contributed by atoms with Gasteiger partial charge in [0.1, 0.15) is 18.0 Å². The topological polar surface area (TPSA) is 92.7 Å². The van der Waals surface area contributed by atoms with Crippen molar-refractivity contribution >= 4 is 17.6 Å². The summed E-state index contributed by atoms with van der Waals surface area (Å²) in [7, 11) is 4.74. The molecule has 9 heteroatoms. The smallest absolute Gasteiger partial charge is 0.317 e. The Balaban J connectivity index is 1.93. The summed E-state index contributed by atoms with van der Waals surface area (Å²) in [4.78, 5) is 27.4. The summed E-state index contributed by atoms with van der Waals surface area (Å²) in [5, 5.41) is 8.94. The van der Waals surface area contributed by atoms with E-state index in [4.69, 9.17) is 19.3 Å². The van der Waals surface area contributed by atoms with E-state index in [1.807, 2.05) is 49.4 Å². The first-order valence-corrected chi connectivity index (χ1v) is 11.2. The van der Waals surface area contributed by atoms with E-state index in [1.165, 1.54) is 9.91 Å². The van der Waals surface area contributed by atoms with Crippen LogP contribution in [0.5, 0.6) is 11.5 Å². The number of ether oxygens (including phenoxy) is 3. The number of carbonyl (C=O) groups excluding carboxylic acids is 2. The zero-order valence-corrected chi connectivity index (χ0v) is 20.1. The first kappa shape index (κ1) is 25.0. The van der Waals surface area contributed by atoms with Crippen molar-refractivity contribution in [2.75, 3.05) is 47.6 Å². The lowest BCUT2D eigenvalue weighted by molar-refractivity contribution is -0.133. The van der Waals surface area contributed by atoms with Crippen molar-refractivity contribution in [2.24, 2.45) is 5.10 Å². The molecule has 2 aromatic carbocycles. The van der Waals surface area contributed by atoms with Crippen LogP contribution in [-0.2, 0) is 9.53 Å². The third kappa shape index (κ3) is 5.85. The Morgan fingerprint density at radius 2 is 1.88 bits per heavy atom. The molecule has 9 nitrogen and oxygen atoms in total. The molecule has 1 N–H and O–H groups in total. The van der Waals surface area contributed by atoms with Crippen molar-refractivity contribution < 1.29 is 23.8 Å². The van der Waals surface area contributed by atoms with E-state index >= 15 is 0 Å². The van der Waals surface area contributed by atoms with Crippen molar-refractivity contribution in [2.45, 2.75) is 19.4 Å². The molecule has 3 rings (SSSR count). The highest BCUT2D eigenvalue weighted by Crippen LogP contribution is 2.36. The van der Waals surface area contributed by atoms with Crippen LogP contribution in [0.15, 0.2) is 53.6 Å². The van der Waals surface area contributed by atoms with Gasteiger partial charge in [0.15, 0.2) is 0 Å². The minimum atomic E-state index is -0.315. The molecule has 1 unspecified atom stereocenters. The lowest BCUT2D eigenvalue weighted by Gasteiger charge is -2.27. The molecule has 0 aromatic heterocycles. The number of hydrogen-bond acceptors (Lipinski definition) is 6. The molecule has 2 aromatic rings. The second-order valence-corrected chi connectivity index (χ2v) is 7.73. The zero-order valence-electron chi connectivity index (χ0n) is 20.1. The van der Waals surface area contributed by atoms with E-state index < -0.39 is 0 Å². The highest BCUT2D eigenvalue weighted by Gasteiger charge is 2.35. The lowest BCUT2D eigenvalue weighted by atomic mass is 9.98. The molecular formula is C25H32N4O5. The molecule has 0 fully saturated rings. The summed E-state index contributed by atoms with van der Waals surface area (Å²) in [5.41, 5.74) is 2.48. The highest BCUT2D eigenvalue weighted by molar-refractivity contribution is 6.05. The maximum atomic E-state index is 13.4. The van der Waals surface area contributed by atoms with Crippen LogP contribution in [0.4, 0.5) is 4.79 Å². The van der Waals surface area contributed by atoms with Crippen LogP contribution in [-0.4, -0.2) is 75.1 Å². The third-order valence-corrected chi connectivity index (χ3v) is 5.58. The van der Waals surface area contributed by atoms with Crippen molar-refractivity contribution in [3.63, 3.8) is 0 Å². The second-order valence-electron chi connectivity index (χ2n) is 7.73. The fourth-order valence-electron chi connectivity index (χ4n) is 3.83. The molecule has 0 radical (unpaired) electrons. The van der Waals surface area contributed by atoms with Gasteiger partial charge in [0.25, 0.3) is 5.91 Å². The van der Waals surface area contributed by atoms with Crippen LogP contribution in [0, 0.1) is 0 Å². The number of carbonyl (C=O) groups is 2. The van der Waals surface area contributed by atoms with Crippen molar-refractivity contribution in [1.29, 1.82) is 0 Å². The largest absolute Gasteiger partial charge is 0.497 e. The maximum absolute atomic E-state index is 13.4. The van der Waals surface area contributed by atoms with Crippen LogP contribution >= 0.6 is 0 Å².